The highest BCUT2D eigenvalue weighted by atomic mass is 16.5. The maximum atomic E-state index is 12.8. The topological polar surface area (TPSA) is 77.0 Å². The second-order valence-electron chi connectivity index (χ2n) is 6.12. The van der Waals surface area contributed by atoms with E-state index in [0.29, 0.717) is 11.7 Å². The molecule has 2 aromatic heterocycles. The fourth-order valence-corrected chi connectivity index (χ4v) is 3.04. The van der Waals surface area contributed by atoms with Gasteiger partial charge >= 0.3 is 0 Å². The predicted molar refractivity (Wildman–Crippen MR) is 76.9 cm³/mol. The van der Waals surface area contributed by atoms with Gasteiger partial charge in [-0.15, -0.1) is 0 Å². The van der Waals surface area contributed by atoms with Crippen molar-refractivity contribution in [1.82, 2.24) is 24.8 Å². The Bertz CT molecular complexity index is 661. The van der Waals surface area contributed by atoms with Crippen molar-refractivity contribution in [3.8, 4) is 0 Å². The Hall–Kier alpha value is -2.18. The Labute approximate surface area is 128 Å². The maximum Gasteiger partial charge on any atom is 0.247 e. The molecule has 0 radical (unpaired) electrons. The summed E-state index contributed by atoms with van der Waals surface area (Å²) >= 11 is 0. The fourth-order valence-electron chi connectivity index (χ4n) is 3.04. The van der Waals surface area contributed by atoms with Crippen molar-refractivity contribution in [2.45, 2.75) is 50.6 Å². The van der Waals surface area contributed by atoms with Crippen molar-refractivity contribution < 1.29 is 9.32 Å². The zero-order chi connectivity index (χ0) is 15.1. The first kappa shape index (κ1) is 13.5. The lowest BCUT2D eigenvalue weighted by Gasteiger charge is -2.25. The van der Waals surface area contributed by atoms with Crippen molar-refractivity contribution in [3.05, 3.63) is 30.2 Å². The van der Waals surface area contributed by atoms with Gasteiger partial charge in [0.25, 0.3) is 0 Å². The molecule has 1 aliphatic heterocycles. The summed E-state index contributed by atoms with van der Waals surface area (Å²) in [6.07, 6.45) is 7.62. The van der Waals surface area contributed by atoms with E-state index in [9.17, 15) is 4.79 Å². The lowest BCUT2D eigenvalue weighted by molar-refractivity contribution is -0.135. The van der Waals surface area contributed by atoms with Crippen LogP contribution in [0.3, 0.4) is 0 Å². The summed E-state index contributed by atoms with van der Waals surface area (Å²) in [6, 6.07) is 1.44. The largest absolute Gasteiger partial charge is 0.339 e. The van der Waals surface area contributed by atoms with Gasteiger partial charge in [0.1, 0.15) is 6.04 Å². The number of carbonyl (C=O) groups is 1. The minimum atomic E-state index is -0.314. The molecule has 116 valence electrons. The predicted octanol–water partition coefficient (Wildman–Crippen LogP) is 2.07. The molecule has 4 rings (SSSR count). The van der Waals surface area contributed by atoms with E-state index in [0.717, 1.165) is 38.1 Å². The highest BCUT2D eigenvalue weighted by Crippen LogP contribution is 2.40. The van der Waals surface area contributed by atoms with Crippen LogP contribution in [0.15, 0.2) is 23.0 Å². The number of nitrogens with zero attached hydrogens (tertiary/aromatic N) is 5. The van der Waals surface area contributed by atoms with Crippen LogP contribution in [0, 0.1) is 0 Å². The Morgan fingerprint density at radius 2 is 2.27 bits per heavy atom. The van der Waals surface area contributed by atoms with E-state index in [1.54, 1.807) is 10.9 Å². The van der Waals surface area contributed by atoms with Crippen LogP contribution in [-0.2, 0) is 4.79 Å². The first-order chi connectivity index (χ1) is 10.7. The molecule has 0 spiro atoms. The number of carbonyl (C=O) groups excluding carboxylic acids is 1. The summed E-state index contributed by atoms with van der Waals surface area (Å²) in [6.45, 7) is 2.61. The van der Waals surface area contributed by atoms with Crippen LogP contribution < -0.4 is 0 Å². The smallest absolute Gasteiger partial charge is 0.247 e. The second kappa shape index (κ2) is 5.23. The molecule has 1 saturated heterocycles. The van der Waals surface area contributed by atoms with Crippen LogP contribution in [0.4, 0.5) is 0 Å². The van der Waals surface area contributed by atoms with E-state index in [-0.39, 0.29) is 18.0 Å². The van der Waals surface area contributed by atoms with E-state index in [2.05, 4.69) is 15.2 Å². The molecule has 7 nitrogen and oxygen atoms in total. The molecule has 2 aliphatic rings. The monoisotopic (exact) mass is 301 g/mol. The zero-order valence-corrected chi connectivity index (χ0v) is 12.6. The normalized spacial score (nSPS) is 23.0. The van der Waals surface area contributed by atoms with Gasteiger partial charge in [-0.25, -0.2) is 0 Å². The van der Waals surface area contributed by atoms with E-state index in [4.69, 9.17) is 4.52 Å². The number of hydrogen-bond acceptors (Lipinski definition) is 5. The number of amides is 1. The van der Waals surface area contributed by atoms with E-state index in [1.165, 1.54) is 0 Å². The van der Waals surface area contributed by atoms with Gasteiger partial charge < -0.3 is 9.42 Å². The summed E-state index contributed by atoms with van der Waals surface area (Å²) < 4.78 is 7.03. The Morgan fingerprint density at radius 3 is 3.00 bits per heavy atom. The standard InChI is InChI=1S/C15H19N5O2/c1-10(20-9-3-7-16-20)15(21)19-8-2-4-12(19)13-17-14(22-18-13)11-5-6-11/h3,7,9-12H,2,4-6,8H2,1H3. The van der Waals surface area contributed by atoms with Crippen molar-refractivity contribution in [1.29, 1.82) is 0 Å². The van der Waals surface area contributed by atoms with E-state index >= 15 is 0 Å². The molecule has 22 heavy (non-hydrogen) atoms. The summed E-state index contributed by atoms with van der Waals surface area (Å²) in [7, 11) is 0. The number of likely N-dealkylation sites (tertiary alicyclic amines) is 1. The van der Waals surface area contributed by atoms with Crippen LogP contribution in [0.5, 0.6) is 0 Å². The van der Waals surface area contributed by atoms with Crippen molar-refractivity contribution >= 4 is 5.91 Å². The second-order valence-corrected chi connectivity index (χ2v) is 6.12. The molecule has 2 fully saturated rings. The van der Waals surface area contributed by atoms with Crippen LogP contribution in [0.2, 0.25) is 0 Å². The molecule has 1 amide bonds. The van der Waals surface area contributed by atoms with Gasteiger partial charge in [0, 0.05) is 24.9 Å². The maximum absolute atomic E-state index is 12.8. The summed E-state index contributed by atoms with van der Waals surface area (Å²) in [5, 5.41) is 8.27. The third-order valence-electron chi connectivity index (χ3n) is 4.50. The number of rotatable bonds is 4. The van der Waals surface area contributed by atoms with Gasteiger partial charge in [0.2, 0.25) is 11.8 Å². The van der Waals surface area contributed by atoms with Crippen LogP contribution in [-0.4, -0.2) is 37.3 Å². The zero-order valence-electron chi connectivity index (χ0n) is 12.6. The van der Waals surface area contributed by atoms with Crippen molar-refractivity contribution in [2.75, 3.05) is 6.54 Å². The molecular weight excluding hydrogens is 282 g/mol. The molecule has 1 saturated carbocycles. The molecule has 2 unspecified atom stereocenters. The summed E-state index contributed by atoms with van der Waals surface area (Å²) in [5.41, 5.74) is 0. The molecular formula is C15H19N5O2. The van der Waals surface area contributed by atoms with Crippen LogP contribution in [0.1, 0.15) is 62.3 Å². The first-order valence-electron chi connectivity index (χ1n) is 7.87. The van der Waals surface area contributed by atoms with Crippen LogP contribution in [0.25, 0.3) is 0 Å². The van der Waals surface area contributed by atoms with Gasteiger partial charge in [-0.3, -0.25) is 9.48 Å². The van der Waals surface area contributed by atoms with Gasteiger partial charge in [0.05, 0.1) is 6.04 Å². The number of aromatic nitrogens is 4. The quantitative estimate of drug-likeness (QED) is 0.864. The van der Waals surface area contributed by atoms with Crippen molar-refractivity contribution in [2.24, 2.45) is 0 Å². The lowest BCUT2D eigenvalue weighted by Crippen LogP contribution is -2.36. The molecule has 0 N–H and O–H groups in total. The number of hydrogen-bond donors (Lipinski definition) is 0. The SMILES string of the molecule is CC(C(=O)N1CCCC1c1noc(C2CC2)n1)n1cccn1. The minimum Gasteiger partial charge on any atom is -0.339 e. The highest BCUT2D eigenvalue weighted by molar-refractivity contribution is 5.80. The summed E-state index contributed by atoms with van der Waals surface area (Å²) in [5.74, 6) is 1.88. The van der Waals surface area contributed by atoms with Gasteiger partial charge in [-0.05, 0) is 38.7 Å². The third-order valence-corrected chi connectivity index (χ3v) is 4.50. The third kappa shape index (κ3) is 2.30. The average Bonchev–Trinajstić information content (AvgIpc) is 3.02. The molecule has 2 atom stereocenters. The lowest BCUT2D eigenvalue weighted by atomic mass is 10.2. The average molecular weight is 301 g/mol. The van der Waals surface area contributed by atoms with E-state index < -0.39 is 0 Å². The molecule has 2 aromatic rings. The Balaban J connectivity index is 1.53. The molecule has 0 aromatic carbocycles. The fraction of sp³-hybridized carbons (Fsp3) is 0.600. The van der Waals surface area contributed by atoms with Gasteiger partial charge in [-0.1, -0.05) is 5.16 Å². The molecule has 0 bridgehead atoms. The van der Waals surface area contributed by atoms with Gasteiger partial charge in [0.15, 0.2) is 5.82 Å². The molecule has 3 heterocycles. The molecule has 7 heteroatoms. The van der Waals surface area contributed by atoms with Gasteiger partial charge in [-0.2, -0.15) is 10.1 Å². The minimum absolute atomic E-state index is 0.0592. The van der Waals surface area contributed by atoms with E-state index in [1.807, 2.05) is 24.1 Å². The summed E-state index contributed by atoms with van der Waals surface area (Å²) in [4.78, 5) is 19.1. The molecule has 1 aliphatic carbocycles. The Kier molecular flexibility index (Phi) is 3.20. The Morgan fingerprint density at radius 1 is 1.41 bits per heavy atom. The van der Waals surface area contributed by atoms with Crippen molar-refractivity contribution in [3.63, 3.8) is 0 Å². The first-order valence-corrected chi connectivity index (χ1v) is 7.87. The van der Waals surface area contributed by atoms with Crippen LogP contribution >= 0.6 is 0 Å². The highest BCUT2D eigenvalue weighted by Gasteiger charge is 2.37.